The van der Waals surface area contributed by atoms with Gasteiger partial charge in [-0.1, -0.05) is 226 Å². The Balaban J connectivity index is 3.99. The normalized spacial score (nSPS) is 13.1. The van der Waals surface area contributed by atoms with Crippen molar-refractivity contribution in [1.82, 2.24) is 0 Å². The first-order chi connectivity index (χ1) is 27.3. The fourth-order valence-corrected chi connectivity index (χ4v) is 7.93. The zero-order valence-corrected chi connectivity index (χ0v) is 37.8. The lowest BCUT2D eigenvalue weighted by Gasteiger charge is -2.19. The van der Waals surface area contributed by atoms with E-state index in [-0.39, 0.29) is 38.6 Å². The van der Waals surface area contributed by atoms with Gasteiger partial charge in [-0.3, -0.25) is 18.6 Å². The molecule has 0 aromatic heterocycles. The molecule has 0 bridgehead atoms. The second kappa shape index (κ2) is 43.6. The number of carbonyl (C=O) groups excluding carboxylic acids is 2. The highest BCUT2D eigenvalue weighted by Crippen LogP contribution is 2.43. The quantitative estimate of drug-likeness (QED) is 0.0350. The average molecular weight is 818 g/mol. The Morgan fingerprint density at radius 3 is 1.09 bits per heavy atom. The van der Waals surface area contributed by atoms with E-state index in [2.05, 4.69) is 13.8 Å². The van der Waals surface area contributed by atoms with E-state index in [9.17, 15) is 19.0 Å². The molecule has 0 aromatic carbocycles. The number of phosphoric ester groups is 1. The van der Waals surface area contributed by atoms with Crippen LogP contribution in [0.5, 0.6) is 0 Å². The van der Waals surface area contributed by atoms with Crippen LogP contribution in [-0.4, -0.2) is 49.3 Å². The summed E-state index contributed by atoms with van der Waals surface area (Å²) in [5.74, 6) is -0.810. The van der Waals surface area contributed by atoms with Crippen LogP contribution >= 0.6 is 7.82 Å². The van der Waals surface area contributed by atoms with Crippen LogP contribution < -0.4 is 5.73 Å². The minimum atomic E-state index is -4.37. The first-order valence-electron chi connectivity index (χ1n) is 24.0. The van der Waals surface area contributed by atoms with Crippen LogP contribution in [0.25, 0.3) is 0 Å². The summed E-state index contributed by atoms with van der Waals surface area (Å²) in [7, 11) is -4.37. The number of carbonyl (C=O) groups is 2. The number of esters is 2. The lowest BCUT2D eigenvalue weighted by Crippen LogP contribution is -2.29. The molecule has 2 atom stereocenters. The molecule has 0 aliphatic rings. The van der Waals surface area contributed by atoms with Gasteiger partial charge in [-0.05, 0) is 12.8 Å². The van der Waals surface area contributed by atoms with E-state index < -0.39 is 26.5 Å². The van der Waals surface area contributed by atoms with Crippen LogP contribution in [0, 0.1) is 0 Å². The third-order valence-electron chi connectivity index (χ3n) is 10.7. The van der Waals surface area contributed by atoms with Crippen LogP contribution in [0.15, 0.2) is 0 Å². The molecule has 0 rings (SSSR count). The van der Waals surface area contributed by atoms with Gasteiger partial charge in [0.05, 0.1) is 13.2 Å². The molecule has 334 valence electrons. The van der Waals surface area contributed by atoms with Gasteiger partial charge in [0.1, 0.15) is 6.61 Å². The average Bonchev–Trinajstić information content (AvgIpc) is 3.18. The van der Waals surface area contributed by atoms with Crippen LogP contribution in [0.2, 0.25) is 0 Å². The van der Waals surface area contributed by atoms with Crippen molar-refractivity contribution in [1.29, 1.82) is 0 Å². The van der Waals surface area contributed by atoms with Crippen molar-refractivity contribution in [2.45, 2.75) is 258 Å². The van der Waals surface area contributed by atoms with E-state index in [4.69, 9.17) is 24.3 Å². The van der Waals surface area contributed by atoms with E-state index in [0.717, 1.165) is 32.1 Å². The Morgan fingerprint density at radius 2 is 0.768 bits per heavy atom. The molecule has 0 saturated heterocycles. The Labute approximate surface area is 346 Å². The molecule has 10 heteroatoms. The van der Waals surface area contributed by atoms with E-state index in [1.54, 1.807) is 0 Å². The third kappa shape index (κ3) is 42.6. The molecular formula is C46H92NO8P. The molecule has 0 saturated carbocycles. The maximum Gasteiger partial charge on any atom is 0.472 e. The second-order valence-electron chi connectivity index (χ2n) is 16.3. The number of unbranched alkanes of at least 4 members (excludes halogenated alkanes) is 33. The summed E-state index contributed by atoms with van der Waals surface area (Å²) < 4.78 is 32.8. The van der Waals surface area contributed by atoms with Crippen LogP contribution in [-0.2, 0) is 32.7 Å². The molecule has 3 N–H and O–H groups in total. The Morgan fingerprint density at radius 1 is 0.464 bits per heavy atom. The number of ether oxygens (including phenoxy) is 2. The molecule has 2 unspecified atom stereocenters. The van der Waals surface area contributed by atoms with Gasteiger partial charge in [-0.15, -0.1) is 0 Å². The lowest BCUT2D eigenvalue weighted by molar-refractivity contribution is -0.161. The van der Waals surface area contributed by atoms with E-state index in [1.165, 1.54) is 186 Å². The van der Waals surface area contributed by atoms with Crippen molar-refractivity contribution < 1.29 is 37.6 Å². The second-order valence-corrected chi connectivity index (χ2v) is 17.8. The fourth-order valence-electron chi connectivity index (χ4n) is 7.17. The number of nitrogens with two attached hydrogens (primary N) is 1. The van der Waals surface area contributed by atoms with Crippen molar-refractivity contribution in [3.05, 3.63) is 0 Å². The highest BCUT2D eigenvalue weighted by atomic mass is 31.2. The van der Waals surface area contributed by atoms with Gasteiger partial charge >= 0.3 is 19.8 Å². The SMILES string of the molecule is CCCCCCCCCCCCCCCCCCCCCCCCC(=O)OC(COC(=O)CCCCCCCCCCCCCCC)COP(=O)(O)OCCN. The molecular weight excluding hydrogens is 725 g/mol. The lowest BCUT2D eigenvalue weighted by atomic mass is 10.0. The summed E-state index contributed by atoms with van der Waals surface area (Å²) in [6.07, 6.45) is 44.2. The topological polar surface area (TPSA) is 134 Å². The summed E-state index contributed by atoms with van der Waals surface area (Å²) in [5.41, 5.74) is 5.36. The standard InChI is InChI=1S/C46H92NO8P/c1-3-5-7-9-11-13-15-17-18-19-20-21-22-23-24-25-27-29-31-33-35-37-39-46(49)55-44(43-54-56(50,51)53-41-40-47)42-52-45(48)38-36-34-32-30-28-26-16-14-12-10-8-6-4-2/h44H,3-43,47H2,1-2H3,(H,50,51). The maximum absolute atomic E-state index is 12.6. The van der Waals surface area contributed by atoms with Crippen molar-refractivity contribution >= 4 is 19.8 Å². The van der Waals surface area contributed by atoms with Gasteiger partial charge in [0.15, 0.2) is 6.10 Å². The minimum Gasteiger partial charge on any atom is -0.462 e. The molecule has 56 heavy (non-hydrogen) atoms. The molecule has 0 aliphatic carbocycles. The number of hydrogen-bond donors (Lipinski definition) is 2. The summed E-state index contributed by atoms with van der Waals surface area (Å²) in [6.45, 7) is 3.79. The predicted molar refractivity (Wildman–Crippen MR) is 234 cm³/mol. The van der Waals surface area contributed by atoms with Gasteiger partial charge < -0.3 is 20.1 Å². The molecule has 0 radical (unpaired) electrons. The maximum atomic E-state index is 12.6. The van der Waals surface area contributed by atoms with E-state index >= 15 is 0 Å². The van der Waals surface area contributed by atoms with Crippen molar-refractivity contribution in [3.8, 4) is 0 Å². The first-order valence-corrected chi connectivity index (χ1v) is 25.5. The third-order valence-corrected chi connectivity index (χ3v) is 11.7. The van der Waals surface area contributed by atoms with E-state index in [1.807, 2.05) is 0 Å². The number of phosphoric acid groups is 1. The van der Waals surface area contributed by atoms with Gasteiger partial charge in [0.25, 0.3) is 0 Å². The molecule has 0 aromatic rings. The van der Waals surface area contributed by atoms with Gasteiger partial charge in [-0.2, -0.15) is 0 Å². The Kier molecular flexibility index (Phi) is 42.8. The molecule has 0 fully saturated rings. The van der Waals surface area contributed by atoms with Crippen molar-refractivity contribution in [2.24, 2.45) is 5.73 Å². The number of hydrogen-bond acceptors (Lipinski definition) is 8. The van der Waals surface area contributed by atoms with Crippen LogP contribution in [0.1, 0.15) is 251 Å². The number of rotatable bonds is 46. The highest BCUT2D eigenvalue weighted by molar-refractivity contribution is 7.47. The largest absolute Gasteiger partial charge is 0.472 e. The smallest absolute Gasteiger partial charge is 0.462 e. The first kappa shape index (κ1) is 55.0. The highest BCUT2D eigenvalue weighted by Gasteiger charge is 2.26. The summed E-state index contributed by atoms with van der Waals surface area (Å²) in [5, 5.41) is 0. The minimum absolute atomic E-state index is 0.0582. The molecule has 0 amide bonds. The van der Waals surface area contributed by atoms with Crippen molar-refractivity contribution in [3.63, 3.8) is 0 Å². The monoisotopic (exact) mass is 818 g/mol. The summed E-state index contributed by atoms with van der Waals surface area (Å²) in [4.78, 5) is 34.9. The Bertz CT molecular complexity index is 891. The summed E-state index contributed by atoms with van der Waals surface area (Å²) >= 11 is 0. The fraction of sp³-hybridized carbons (Fsp3) is 0.957. The Hall–Kier alpha value is -0.990. The zero-order valence-electron chi connectivity index (χ0n) is 36.9. The molecule has 0 heterocycles. The van der Waals surface area contributed by atoms with Gasteiger partial charge in [0, 0.05) is 19.4 Å². The molecule has 9 nitrogen and oxygen atoms in total. The zero-order chi connectivity index (χ0) is 41.1. The predicted octanol–water partition coefficient (Wildman–Crippen LogP) is 14.0. The van der Waals surface area contributed by atoms with Crippen LogP contribution in [0.3, 0.4) is 0 Å². The molecule has 0 spiro atoms. The van der Waals surface area contributed by atoms with Gasteiger partial charge in [0.2, 0.25) is 0 Å². The summed E-state index contributed by atoms with van der Waals surface area (Å²) in [6, 6.07) is 0. The van der Waals surface area contributed by atoms with E-state index in [0.29, 0.717) is 6.42 Å². The van der Waals surface area contributed by atoms with Crippen LogP contribution in [0.4, 0.5) is 0 Å². The van der Waals surface area contributed by atoms with Crippen molar-refractivity contribution in [2.75, 3.05) is 26.4 Å². The van der Waals surface area contributed by atoms with Gasteiger partial charge in [-0.25, -0.2) is 4.57 Å². The molecule has 0 aliphatic heterocycles.